The third kappa shape index (κ3) is 2.54. The van der Waals surface area contributed by atoms with Gasteiger partial charge in [0.2, 0.25) is 0 Å². The van der Waals surface area contributed by atoms with E-state index in [1.165, 1.54) is 18.4 Å². The van der Waals surface area contributed by atoms with Crippen molar-refractivity contribution in [2.75, 3.05) is 25.9 Å². The molecule has 1 fully saturated rings. The highest BCUT2D eigenvalue weighted by atomic mass is 15.1. The van der Waals surface area contributed by atoms with Crippen LogP contribution >= 0.6 is 0 Å². The summed E-state index contributed by atoms with van der Waals surface area (Å²) in [5, 5.41) is 0. The van der Waals surface area contributed by atoms with Crippen molar-refractivity contribution in [2.45, 2.75) is 18.9 Å². The van der Waals surface area contributed by atoms with Crippen LogP contribution in [-0.4, -0.2) is 25.0 Å². The van der Waals surface area contributed by atoms with Gasteiger partial charge in [-0.3, -0.25) is 0 Å². The number of nitrogens with two attached hydrogens (primary N) is 2. The first-order chi connectivity index (χ1) is 7.66. The zero-order chi connectivity index (χ0) is 11.5. The molecule has 1 heterocycles. The molecule has 0 bridgehead atoms. The number of piperidine rings is 1. The van der Waals surface area contributed by atoms with Gasteiger partial charge in [0.05, 0.1) is 0 Å². The molecule has 0 aromatic heterocycles. The zero-order valence-electron chi connectivity index (χ0n) is 9.89. The van der Waals surface area contributed by atoms with Gasteiger partial charge in [0.1, 0.15) is 0 Å². The Morgan fingerprint density at radius 3 is 2.31 bits per heavy atom. The van der Waals surface area contributed by atoms with E-state index in [4.69, 9.17) is 11.5 Å². The lowest BCUT2D eigenvalue weighted by Gasteiger charge is -2.32. The van der Waals surface area contributed by atoms with Gasteiger partial charge in [0.15, 0.2) is 0 Å². The minimum absolute atomic E-state index is 0.161. The molecule has 1 aromatic rings. The Bertz CT molecular complexity index is 326. The summed E-state index contributed by atoms with van der Waals surface area (Å²) in [6.45, 7) is 2.32. The Hall–Kier alpha value is -1.06. The quantitative estimate of drug-likeness (QED) is 0.743. The van der Waals surface area contributed by atoms with Gasteiger partial charge in [-0.05, 0) is 56.6 Å². The van der Waals surface area contributed by atoms with Crippen molar-refractivity contribution in [1.82, 2.24) is 4.90 Å². The minimum Gasteiger partial charge on any atom is -0.399 e. The minimum atomic E-state index is 0.161. The maximum Gasteiger partial charge on any atom is 0.0324 e. The van der Waals surface area contributed by atoms with Gasteiger partial charge >= 0.3 is 0 Å². The SMILES string of the molecule is CN1CCC(C(N)c2ccc(N)cc2)CC1. The molecule has 0 saturated carbocycles. The maximum atomic E-state index is 6.31. The van der Waals surface area contributed by atoms with Gasteiger partial charge < -0.3 is 16.4 Å². The zero-order valence-corrected chi connectivity index (χ0v) is 9.89. The first-order valence-corrected chi connectivity index (χ1v) is 5.96. The van der Waals surface area contributed by atoms with Crippen molar-refractivity contribution >= 4 is 5.69 Å². The van der Waals surface area contributed by atoms with E-state index in [0.717, 1.165) is 18.8 Å². The van der Waals surface area contributed by atoms with Crippen LogP contribution in [0.2, 0.25) is 0 Å². The summed E-state index contributed by atoms with van der Waals surface area (Å²) < 4.78 is 0. The van der Waals surface area contributed by atoms with Crippen LogP contribution in [0.4, 0.5) is 5.69 Å². The molecule has 16 heavy (non-hydrogen) atoms. The molecule has 1 aromatic carbocycles. The lowest BCUT2D eigenvalue weighted by atomic mass is 9.86. The predicted octanol–water partition coefficient (Wildman–Crippen LogP) is 1.61. The number of likely N-dealkylation sites (tertiary alicyclic amines) is 1. The Morgan fingerprint density at radius 1 is 1.19 bits per heavy atom. The largest absolute Gasteiger partial charge is 0.399 e. The molecule has 88 valence electrons. The Balaban J connectivity index is 2.01. The third-order valence-corrected chi connectivity index (χ3v) is 3.59. The van der Waals surface area contributed by atoms with Gasteiger partial charge in [-0.25, -0.2) is 0 Å². The van der Waals surface area contributed by atoms with E-state index < -0.39 is 0 Å². The van der Waals surface area contributed by atoms with Crippen LogP contribution in [0, 0.1) is 5.92 Å². The molecule has 0 aliphatic carbocycles. The fourth-order valence-corrected chi connectivity index (χ4v) is 2.38. The molecular weight excluding hydrogens is 198 g/mol. The number of hydrogen-bond donors (Lipinski definition) is 2. The Labute approximate surface area is 97.4 Å². The third-order valence-electron chi connectivity index (χ3n) is 3.59. The first kappa shape index (κ1) is 11.4. The lowest BCUT2D eigenvalue weighted by molar-refractivity contribution is 0.199. The molecule has 1 atom stereocenters. The number of anilines is 1. The molecule has 0 spiro atoms. The van der Waals surface area contributed by atoms with Gasteiger partial charge in [-0.2, -0.15) is 0 Å². The summed E-state index contributed by atoms with van der Waals surface area (Å²) in [7, 11) is 2.17. The molecule has 1 unspecified atom stereocenters. The van der Waals surface area contributed by atoms with Gasteiger partial charge in [0, 0.05) is 11.7 Å². The summed E-state index contributed by atoms with van der Waals surface area (Å²) in [4.78, 5) is 2.37. The number of rotatable bonds is 2. The second kappa shape index (κ2) is 4.85. The summed E-state index contributed by atoms with van der Waals surface area (Å²) in [6, 6.07) is 8.14. The van der Waals surface area contributed by atoms with E-state index >= 15 is 0 Å². The lowest BCUT2D eigenvalue weighted by Crippen LogP contribution is -2.35. The summed E-state index contributed by atoms with van der Waals surface area (Å²) >= 11 is 0. The molecule has 3 nitrogen and oxygen atoms in total. The van der Waals surface area contributed by atoms with Crippen molar-refractivity contribution in [2.24, 2.45) is 11.7 Å². The normalized spacial score (nSPS) is 20.9. The molecular formula is C13H21N3. The molecule has 2 rings (SSSR count). The summed E-state index contributed by atoms with van der Waals surface area (Å²) in [6.07, 6.45) is 2.39. The van der Waals surface area contributed by atoms with E-state index in [1.54, 1.807) is 0 Å². The van der Waals surface area contributed by atoms with Crippen LogP contribution in [0.15, 0.2) is 24.3 Å². The van der Waals surface area contributed by atoms with E-state index in [-0.39, 0.29) is 6.04 Å². The standard InChI is InChI=1S/C13H21N3/c1-16-8-6-11(7-9-16)13(15)10-2-4-12(14)5-3-10/h2-5,11,13H,6-9,14-15H2,1H3. The van der Waals surface area contributed by atoms with Crippen LogP contribution < -0.4 is 11.5 Å². The fraction of sp³-hybridized carbons (Fsp3) is 0.538. The second-order valence-electron chi connectivity index (χ2n) is 4.83. The second-order valence-corrected chi connectivity index (χ2v) is 4.83. The van der Waals surface area contributed by atoms with E-state index in [2.05, 4.69) is 24.1 Å². The Kier molecular flexibility index (Phi) is 3.46. The van der Waals surface area contributed by atoms with Crippen molar-refractivity contribution in [3.05, 3.63) is 29.8 Å². The summed E-state index contributed by atoms with van der Waals surface area (Å²) in [5.41, 5.74) is 14.0. The molecule has 0 amide bonds. The number of nitrogen functional groups attached to an aromatic ring is 1. The monoisotopic (exact) mass is 219 g/mol. The topological polar surface area (TPSA) is 55.3 Å². The average molecular weight is 219 g/mol. The molecule has 4 N–H and O–H groups in total. The van der Waals surface area contributed by atoms with Gasteiger partial charge in [-0.15, -0.1) is 0 Å². The van der Waals surface area contributed by atoms with Crippen LogP contribution in [-0.2, 0) is 0 Å². The van der Waals surface area contributed by atoms with Crippen LogP contribution in [0.1, 0.15) is 24.4 Å². The Morgan fingerprint density at radius 2 is 1.75 bits per heavy atom. The van der Waals surface area contributed by atoms with Crippen molar-refractivity contribution in [3.63, 3.8) is 0 Å². The molecule has 1 aliphatic rings. The molecule has 1 aliphatic heterocycles. The van der Waals surface area contributed by atoms with Crippen LogP contribution in [0.25, 0.3) is 0 Å². The molecule has 3 heteroatoms. The smallest absolute Gasteiger partial charge is 0.0324 e. The average Bonchev–Trinajstić information content (AvgIpc) is 2.30. The fourth-order valence-electron chi connectivity index (χ4n) is 2.38. The van der Waals surface area contributed by atoms with E-state index in [0.29, 0.717) is 5.92 Å². The molecule has 0 radical (unpaired) electrons. The van der Waals surface area contributed by atoms with Crippen LogP contribution in [0.3, 0.4) is 0 Å². The van der Waals surface area contributed by atoms with Crippen molar-refractivity contribution < 1.29 is 0 Å². The summed E-state index contributed by atoms with van der Waals surface area (Å²) in [5.74, 6) is 0.611. The maximum absolute atomic E-state index is 6.31. The van der Waals surface area contributed by atoms with E-state index in [9.17, 15) is 0 Å². The highest BCUT2D eigenvalue weighted by Gasteiger charge is 2.23. The van der Waals surface area contributed by atoms with Crippen LogP contribution in [0.5, 0.6) is 0 Å². The number of nitrogens with zero attached hydrogens (tertiary/aromatic N) is 1. The highest BCUT2D eigenvalue weighted by molar-refractivity contribution is 5.40. The van der Waals surface area contributed by atoms with E-state index in [1.807, 2.05) is 12.1 Å². The number of benzene rings is 1. The van der Waals surface area contributed by atoms with Crippen molar-refractivity contribution in [3.8, 4) is 0 Å². The highest BCUT2D eigenvalue weighted by Crippen LogP contribution is 2.28. The predicted molar refractivity (Wildman–Crippen MR) is 68.0 cm³/mol. The van der Waals surface area contributed by atoms with Crippen molar-refractivity contribution in [1.29, 1.82) is 0 Å². The number of hydrogen-bond acceptors (Lipinski definition) is 3. The van der Waals surface area contributed by atoms with Gasteiger partial charge in [0.25, 0.3) is 0 Å². The molecule has 1 saturated heterocycles. The van der Waals surface area contributed by atoms with Gasteiger partial charge in [-0.1, -0.05) is 12.1 Å². The first-order valence-electron chi connectivity index (χ1n) is 5.96.